The summed E-state index contributed by atoms with van der Waals surface area (Å²) in [6.07, 6.45) is 5.99. The number of ether oxygens (including phenoxy) is 1. The summed E-state index contributed by atoms with van der Waals surface area (Å²) in [6.45, 7) is 12.8. The summed E-state index contributed by atoms with van der Waals surface area (Å²) < 4.78 is 4.11. The number of hydrogen-bond donors (Lipinski definition) is 0. The lowest BCUT2D eigenvalue weighted by atomic mass is 9.71. The van der Waals surface area contributed by atoms with E-state index in [1.807, 2.05) is 13.8 Å². The first kappa shape index (κ1) is 16.5. The third-order valence-corrected chi connectivity index (χ3v) is 4.95. The Labute approximate surface area is 107 Å². The first-order valence-electron chi connectivity index (χ1n) is 6.88. The highest BCUT2D eigenvalue weighted by Gasteiger charge is 2.55. The van der Waals surface area contributed by atoms with Crippen LogP contribution in [0.15, 0.2) is 0 Å². The Morgan fingerprint density at radius 2 is 1.47 bits per heavy atom. The highest BCUT2D eigenvalue weighted by Crippen LogP contribution is 2.65. The topological polar surface area (TPSA) is 26.3 Å². The number of esters is 1. The van der Waals surface area contributed by atoms with Crippen molar-refractivity contribution in [1.82, 2.24) is 0 Å². The van der Waals surface area contributed by atoms with Crippen molar-refractivity contribution in [3.05, 3.63) is 0 Å². The van der Waals surface area contributed by atoms with E-state index in [4.69, 9.17) is 0 Å². The molecule has 17 heavy (non-hydrogen) atoms. The van der Waals surface area contributed by atoms with Gasteiger partial charge in [0.2, 0.25) is 0 Å². The molecule has 0 saturated heterocycles. The molecular weight excluding hydrogens is 212 g/mol. The van der Waals surface area contributed by atoms with Crippen LogP contribution in [0.4, 0.5) is 0 Å². The standard InChI is InChI=1S/C10H18.C3H6O2.C2H6/c1-9(2)8-4-6-10(9,3)7-5-8;1-3(4)5-2;1-2/h8H,4-7H2,1-3H3;1-2H3;1-2H3. The van der Waals surface area contributed by atoms with E-state index in [-0.39, 0.29) is 5.97 Å². The fraction of sp³-hybridized carbons (Fsp3) is 0.933. The van der Waals surface area contributed by atoms with Gasteiger partial charge in [-0.1, -0.05) is 34.6 Å². The second-order valence-electron chi connectivity index (χ2n) is 5.75. The third kappa shape index (κ3) is 3.46. The molecule has 0 amide bonds. The van der Waals surface area contributed by atoms with Gasteiger partial charge in [0, 0.05) is 6.92 Å². The Balaban J connectivity index is 0.000000315. The number of methoxy groups -OCH3 is 1. The van der Waals surface area contributed by atoms with Crippen LogP contribution in [0.3, 0.4) is 0 Å². The molecule has 102 valence electrons. The summed E-state index contributed by atoms with van der Waals surface area (Å²) in [5.74, 6) is 0.808. The maximum Gasteiger partial charge on any atom is 0.302 e. The van der Waals surface area contributed by atoms with Crippen molar-refractivity contribution in [2.45, 2.75) is 67.2 Å². The maximum absolute atomic E-state index is 9.59. The largest absolute Gasteiger partial charge is 0.469 e. The summed E-state index contributed by atoms with van der Waals surface area (Å²) in [7, 11) is 1.35. The molecule has 0 aliphatic heterocycles. The van der Waals surface area contributed by atoms with Gasteiger partial charge in [0.05, 0.1) is 7.11 Å². The van der Waals surface area contributed by atoms with Crippen molar-refractivity contribution in [1.29, 1.82) is 0 Å². The average molecular weight is 242 g/mol. The maximum atomic E-state index is 9.59. The van der Waals surface area contributed by atoms with Crippen molar-refractivity contribution >= 4 is 5.97 Å². The van der Waals surface area contributed by atoms with Gasteiger partial charge in [-0.2, -0.15) is 0 Å². The molecule has 0 aromatic heterocycles. The Morgan fingerprint density at radius 3 is 1.53 bits per heavy atom. The summed E-state index contributed by atoms with van der Waals surface area (Å²) in [5, 5.41) is 0. The predicted molar refractivity (Wildman–Crippen MR) is 72.9 cm³/mol. The van der Waals surface area contributed by atoms with E-state index in [2.05, 4.69) is 25.5 Å². The number of hydrogen-bond acceptors (Lipinski definition) is 2. The van der Waals surface area contributed by atoms with Crippen LogP contribution >= 0.6 is 0 Å². The SMILES string of the molecule is CC.CC12CCC(CC1)C2(C)C.COC(C)=O. The Morgan fingerprint density at radius 1 is 1.12 bits per heavy atom. The number of carbonyl (C=O) groups is 1. The summed E-state index contributed by atoms with van der Waals surface area (Å²) >= 11 is 0. The van der Waals surface area contributed by atoms with Crippen molar-refractivity contribution in [2.75, 3.05) is 7.11 Å². The van der Waals surface area contributed by atoms with Gasteiger partial charge in [0.25, 0.3) is 0 Å². The minimum absolute atomic E-state index is 0.245. The van der Waals surface area contributed by atoms with Crippen molar-refractivity contribution in [3.8, 4) is 0 Å². The van der Waals surface area contributed by atoms with E-state index >= 15 is 0 Å². The lowest BCUT2D eigenvalue weighted by molar-refractivity contribution is -0.137. The monoisotopic (exact) mass is 242 g/mol. The van der Waals surface area contributed by atoms with E-state index in [0.717, 1.165) is 5.92 Å². The first-order valence-corrected chi connectivity index (χ1v) is 6.88. The highest BCUT2D eigenvalue weighted by atomic mass is 16.5. The van der Waals surface area contributed by atoms with Gasteiger partial charge >= 0.3 is 5.97 Å². The minimum Gasteiger partial charge on any atom is -0.469 e. The molecule has 0 heterocycles. The average Bonchev–Trinajstić information content (AvgIpc) is 2.66. The molecule has 2 heteroatoms. The van der Waals surface area contributed by atoms with Gasteiger partial charge < -0.3 is 4.74 Å². The van der Waals surface area contributed by atoms with Crippen LogP contribution in [0, 0.1) is 16.7 Å². The van der Waals surface area contributed by atoms with E-state index < -0.39 is 0 Å². The zero-order chi connectivity index (χ0) is 13.7. The van der Waals surface area contributed by atoms with Gasteiger partial charge in [-0.3, -0.25) is 4.79 Å². The molecule has 0 aromatic rings. The molecule has 0 N–H and O–H groups in total. The van der Waals surface area contributed by atoms with Gasteiger partial charge in [0.1, 0.15) is 0 Å². The third-order valence-electron chi connectivity index (χ3n) is 4.95. The van der Waals surface area contributed by atoms with Gasteiger partial charge in [0.15, 0.2) is 0 Å². The van der Waals surface area contributed by atoms with E-state index in [1.165, 1.54) is 39.7 Å². The Kier molecular flexibility index (Phi) is 6.22. The molecule has 0 radical (unpaired) electrons. The quantitative estimate of drug-likeness (QED) is 0.587. The van der Waals surface area contributed by atoms with Gasteiger partial charge in [-0.15, -0.1) is 0 Å². The van der Waals surface area contributed by atoms with Gasteiger partial charge in [-0.05, 0) is 42.4 Å². The molecule has 0 atom stereocenters. The van der Waals surface area contributed by atoms with E-state index in [1.54, 1.807) is 0 Å². The van der Waals surface area contributed by atoms with Crippen LogP contribution in [0.25, 0.3) is 0 Å². The molecule has 2 nitrogen and oxygen atoms in total. The highest BCUT2D eigenvalue weighted by molar-refractivity contribution is 5.65. The van der Waals surface area contributed by atoms with E-state index in [0.29, 0.717) is 10.8 Å². The van der Waals surface area contributed by atoms with Crippen LogP contribution in [-0.4, -0.2) is 13.1 Å². The Hall–Kier alpha value is -0.530. The van der Waals surface area contributed by atoms with Crippen molar-refractivity contribution in [2.24, 2.45) is 16.7 Å². The number of rotatable bonds is 0. The molecule has 2 saturated carbocycles. The molecule has 0 aromatic carbocycles. The number of fused-ring (bicyclic) bond motifs is 2. The van der Waals surface area contributed by atoms with Gasteiger partial charge in [-0.25, -0.2) is 0 Å². The first-order chi connectivity index (χ1) is 7.83. The van der Waals surface area contributed by atoms with E-state index in [9.17, 15) is 4.79 Å². The normalized spacial score (nSPS) is 31.8. The number of carbonyl (C=O) groups excluding carboxylic acids is 1. The van der Waals surface area contributed by atoms with Crippen LogP contribution in [0.1, 0.15) is 67.2 Å². The predicted octanol–water partition coefficient (Wildman–Crippen LogP) is 4.43. The lowest BCUT2D eigenvalue weighted by Gasteiger charge is -2.34. The van der Waals surface area contributed by atoms with Crippen LogP contribution in [0.5, 0.6) is 0 Å². The fourth-order valence-electron chi connectivity index (χ4n) is 3.11. The molecular formula is C15H30O2. The van der Waals surface area contributed by atoms with Crippen LogP contribution in [-0.2, 0) is 9.53 Å². The molecule has 2 aliphatic rings. The fourth-order valence-corrected chi connectivity index (χ4v) is 3.11. The molecule has 0 unspecified atom stereocenters. The lowest BCUT2D eigenvalue weighted by Crippen LogP contribution is -2.26. The Bertz CT molecular complexity index is 233. The summed E-state index contributed by atoms with van der Waals surface area (Å²) in [6, 6.07) is 0. The smallest absolute Gasteiger partial charge is 0.302 e. The second kappa shape index (κ2) is 6.42. The molecule has 2 bridgehead atoms. The van der Waals surface area contributed by atoms with Crippen molar-refractivity contribution < 1.29 is 9.53 Å². The molecule has 2 rings (SSSR count). The van der Waals surface area contributed by atoms with Crippen LogP contribution in [0.2, 0.25) is 0 Å². The summed E-state index contributed by atoms with van der Waals surface area (Å²) in [4.78, 5) is 9.59. The zero-order valence-electron chi connectivity index (χ0n) is 12.7. The molecule has 2 fully saturated rings. The zero-order valence-corrected chi connectivity index (χ0v) is 12.7. The molecule has 0 spiro atoms. The second-order valence-corrected chi connectivity index (χ2v) is 5.75. The van der Waals surface area contributed by atoms with Crippen LogP contribution < -0.4 is 0 Å². The van der Waals surface area contributed by atoms with Crippen molar-refractivity contribution in [3.63, 3.8) is 0 Å². The minimum atomic E-state index is -0.245. The summed E-state index contributed by atoms with van der Waals surface area (Å²) in [5.41, 5.74) is 1.37. The molecule has 2 aliphatic carbocycles.